The Kier molecular flexibility index (Phi) is 3.90. The summed E-state index contributed by atoms with van der Waals surface area (Å²) in [6.45, 7) is 3.84. The van der Waals surface area contributed by atoms with Crippen molar-refractivity contribution in [2.75, 3.05) is 0 Å². The molecule has 1 aromatic carbocycles. The summed E-state index contributed by atoms with van der Waals surface area (Å²) in [5.74, 6) is 0.148. The first kappa shape index (κ1) is 13.3. The molecule has 1 N–H and O–H groups in total. The highest BCUT2D eigenvalue weighted by Gasteiger charge is 2.19. The first-order valence-corrected chi connectivity index (χ1v) is 6.31. The Morgan fingerprint density at radius 1 is 1.28 bits per heavy atom. The van der Waals surface area contributed by atoms with Gasteiger partial charge >= 0.3 is 0 Å². The van der Waals surface area contributed by atoms with E-state index in [1.807, 2.05) is 13.8 Å². The van der Waals surface area contributed by atoms with Crippen LogP contribution in [0, 0.1) is 0 Å². The van der Waals surface area contributed by atoms with Gasteiger partial charge < -0.3 is 5.11 Å². The van der Waals surface area contributed by atoms with Gasteiger partial charge in [-0.1, -0.05) is 48.3 Å². The number of para-hydroxylation sites is 1. The highest BCUT2D eigenvalue weighted by atomic mass is 35.5. The maximum atomic E-state index is 9.28. The van der Waals surface area contributed by atoms with Gasteiger partial charge in [0.1, 0.15) is 11.4 Å². The van der Waals surface area contributed by atoms with Crippen LogP contribution < -0.4 is 0 Å². The minimum atomic E-state index is -0.157. The molecule has 0 saturated heterocycles. The first-order valence-electron chi connectivity index (χ1n) is 5.56. The molecule has 1 aromatic heterocycles. The normalized spacial score (nSPS) is 11.2. The third-order valence-corrected chi connectivity index (χ3v) is 3.23. The van der Waals surface area contributed by atoms with Crippen LogP contribution in [0.5, 0.6) is 0 Å². The molecule has 0 amide bonds. The molecule has 96 valence electrons. The first-order chi connectivity index (χ1) is 8.56. The number of benzene rings is 1. The van der Waals surface area contributed by atoms with E-state index >= 15 is 0 Å². The molecule has 6 heteroatoms. The van der Waals surface area contributed by atoms with Gasteiger partial charge in [0.25, 0.3) is 0 Å². The highest BCUT2D eigenvalue weighted by molar-refractivity contribution is 6.37. The fraction of sp³-hybridized carbons (Fsp3) is 0.333. The van der Waals surface area contributed by atoms with Crippen LogP contribution in [0.1, 0.15) is 31.2 Å². The van der Waals surface area contributed by atoms with Crippen LogP contribution in [-0.2, 0) is 6.61 Å². The zero-order valence-corrected chi connectivity index (χ0v) is 11.6. The second-order valence-electron chi connectivity index (χ2n) is 4.22. The van der Waals surface area contributed by atoms with E-state index in [0.29, 0.717) is 21.4 Å². The topological polar surface area (TPSA) is 50.9 Å². The number of hydrogen-bond donors (Lipinski definition) is 1. The fourth-order valence-corrected chi connectivity index (χ4v) is 2.42. The van der Waals surface area contributed by atoms with Gasteiger partial charge in [-0.15, -0.1) is 5.10 Å². The quantitative estimate of drug-likeness (QED) is 0.942. The standard InChI is InChI=1S/C12H13Cl2N3O/c1-7(2)11-10(6-18)15-16-17(11)12-8(13)4-3-5-9(12)14/h3-5,7,18H,6H2,1-2H3. The Morgan fingerprint density at radius 2 is 1.89 bits per heavy atom. The molecule has 4 nitrogen and oxygen atoms in total. The summed E-state index contributed by atoms with van der Waals surface area (Å²) in [5.41, 5.74) is 1.95. The van der Waals surface area contributed by atoms with Gasteiger partial charge in [-0.25, -0.2) is 4.68 Å². The Hall–Kier alpha value is -1.10. The number of halogens is 2. The van der Waals surface area contributed by atoms with Crippen LogP contribution in [0.4, 0.5) is 0 Å². The van der Waals surface area contributed by atoms with Crippen LogP contribution in [0.2, 0.25) is 10.0 Å². The predicted octanol–water partition coefficient (Wildman–Crippen LogP) is 3.19. The molecule has 0 aliphatic heterocycles. The minimum Gasteiger partial charge on any atom is -0.390 e. The lowest BCUT2D eigenvalue weighted by Gasteiger charge is -2.12. The zero-order valence-electron chi connectivity index (χ0n) is 10.1. The zero-order chi connectivity index (χ0) is 13.3. The van der Waals surface area contributed by atoms with Gasteiger partial charge in [-0.05, 0) is 18.1 Å². The fourth-order valence-electron chi connectivity index (χ4n) is 1.87. The Morgan fingerprint density at radius 3 is 2.39 bits per heavy atom. The SMILES string of the molecule is CC(C)c1c(CO)nnn1-c1c(Cl)cccc1Cl. The summed E-state index contributed by atoms with van der Waals surface area (Å²) in [6, 6.07) is 5.26. The Labute approximate surface area is 115 Å². The van der Waals surface area contributed by atoms with Gasteiger partial charge in [-0.2, -0.15) is 0 Å². The Balaban J connectivity index is 2.68. The smallest absolute Gasteiger partial charge is 0.112 e. The van der Waals surface area contributed by atoms with Gasteiger partial charge in [0, 0.05) is 0 Å². The van der Waals surface area contributed by atoms with Crippen LogP contribution in [0.3, 0.4) is 0 Å². The third kappa shape index (κ3) is 2.23. The molecule has 0 atom stereocenters. The van der Waals surface area contributed by atoms with Crippen molar-refractivity contribution >= 4 is 23.2 Å². The van der Waals surface area contributed by atoms with Crippen molar-refractivity contribution < 1.29 is 5.11 Å². The molecule has 0 unspecified atom stereocenters. The average Bonchev–Trinajstić information content (AvgIpc) is 2.72. The number of aliphatic hydroxyl groups is 1. The number of aliphatic hydroxyl groups excluding tert-OH is 1. The summed E-state index contributed by atoms with van der Waals surface area (Å²) in [5, 5.41) is 18.3. The molecule has 2 aromatic rings. The molecule has 0 aliphatic carbocycles. The van der Waals surface area contributed by atoms with E-state index in [9.17, 15) is 5.11 Å². The van der Waals surface area contributed by atoms with Gasteiger partial charge in [-0.3, -0.25) is 0 Å². The number of aromatic nitrogens is 3. The molecule has 2 rings (SSSR count). The van der Waals surface area contributed by atoms with Crippen molar-refractivity contribution in [3.8, 4) is 5.69 Å². The van der Waals surface area contributed by atoms with E-state index in [1.54, 1.807) is 22.9 Å². The van der Waals surface area contributed by atoms with Gasteiger partial charge in [0.2, 0.25) is 0 Å². The molecule has 0 saturated carbocycles. The second kappa shape index (κ2) is 5.26. The van der Waals surface area contributed by atoms with Crippen molar-refractivity contribution in [2.24, 2.45) is 0 Å². The minimum absolute atomic E-state index is 0.148. The largest absolute Gasteiger partial charge is 0.390 e. The molecule has 0 bridgehead atoms. The van der Waals surface area contributed by atoms with Crippen LogP contribution in [0.25, 0.3) is 5.69 Å². The summed E-state index contributed by atoms with van der Waals surface area (Å²) < 4.78 is 1.60. The monoisotopic (exact) mass is 285 g/mol. The van der Waals surface area contributed by atoms with E-state index in [-0.39, 0.29) is 12.5 Å². The van der Waals surface area contributed by atoms with Gasteiger partial charge in [0.15, 0.2) is 0 Å². The molecular weight excluding hydrogens is 273 g/mol. The molecule has 18 heavy (non-hydrogen) atoms. The molecular formula is C12H13Cl2N3O. The van der Waals surface area contributed by atoms with E-state index in [4.69, 9.17) is 23.2 Å². The molecule has 0 spiro atoms. The van der Waals surface area contributed by atoms with E-state index in [2.05, 4.69) is 10.3 Å². The Bertz CT molecular complexity index is 546. The lowest BCUT2D eigenvalue weighted by Crippen LogP contribution is -2.06. The van der Waals surface area contributed by atoms with E-state index in [1.165, 1.54) is 0 Å². The third-order valence-electron chi connectivity index (χ3n) is 2.62. The van der Waals surface area contributed by atoms with Crippen molar-refractivity contribution in [3.05, 3.63) is 39.6 Å². The predicted molar refractivity (Wildman–Crippen MR) is 71.4 cm³/mol. The summed E-state index contributed by atoms with van der Waals surface area (Å²) in [6.07, 6.45) is 0. The van der Waals surface area contributed by atoms with Crippen molar-refractivity contribution in [3.63, 3.8) is 0 Å². The van der Waals surface area contributed by atoms with Crippen LogP contribution in [-0.4, -0.2) is 20.1 Å². The molecule has 0 aliphatic rings. The van der Waals surface area contributed by atoms with Crippen molar-refractivity contribution in [1.82, 2.24) is 15.0 Å². The second-order valence-corrected chi connectivity index (χ2v) is 5.03. The lowest BCUT2D eigenvalue weighted by molar-refractivity contribution is 0.275. The van der Waals surface area contributed by atoms with Crippen LogP contribution in [0.15, 0.2) is 18.2 Å². The number of nitrogens with zero attached hydrogens (tertiary/aromatic N) is 3. The number of hydrogen-bond acceptors (Lipinski definition) is 3. The van der Waals surface area contributed by atoms with Crippen LogP contribution >= 0.6 is 23.2 Å². The van der Waals surface area contributed by atoms with Crippen molar-refractivity contribution in [2.45, 2.75) is 26.4 Å². The van der Waals surface area contributed by atoms with Crippen molar-refractivity contribution in [1.29, 1.82) is 0 Å². The number of rotatable bonds is 3. The summed E-state index contributed by atoms with van der Waals surface area (Å²) in [4.78, 5) is 0. The lowest BCUT2D eigenvalue weighted by atomic mass is 10.1. The molecule has 0 fully saturated rings. The molecule has 1 heterocycles. The maximum absolute atomic E-state index is 9.28. The van der Waals surface area contributed by atoms with E-state index in [0.717, 1.165) is 5.69 Å². The summed E-state index contributed by atoms with van der Waals surface area (Å²) >= 11 is 12.3. The summed E-state index contributed by atoms with van der Waals surface area (Å²) in [7, 11) is 0. The molecule has 0 radical (unpaired) electrons. The van der Waals surface area contributed by atoms with E-state index < -0.39 is 0 Å². The highest BCUT2D eigenvalue weighted by Crippen LogP contribution is 2.31. The maximum Gasteiger partial charge on any atom is 0.112 e. The van der Waals surface area contributed by atoms with Gasteiger partial charge in [0.05, 0.1) is 22.3 Å². The average molecular weight is 286 g/mol.